The normalized spacial score (nSPS) is 17.8. The highest BCUT2D eigenvalue weighted by molar-refractivity contribution is 6.30. The molecule has 3 aromatic rings. The Bertz CT molecular complexity index is 1080. The fourth-order valence-electron chi connectivity index (χ4n) is 3.56. The van der Waals surface area contributed by atoms with E-state index in [-0.39, 0.29) is 18.2 Å². The molecule has 0 amide bonds. The van der Waals surface area contributed by atoms with Gasteiger partial charge >= 0.3 is 0 Å². The van der Waals surface area contributed by atoms with Crippen LogP contribution in [0.1, 0.15) is 29.0 Å². The molecule has 158 valence electrons. The van der Waals surface area contributed by atoms with Crippen molar-refractivity contribution >= 4 is 23.0 Å². The molecule has 1 aliphatic rings. The van der Waals surface area contributed by atoms with Gasteiger partial charge in [-0.3, -0.25) is 10.1 Å². The minimum absolute atomic E-state index is 0.0509. The van der Waals surface area contributed by atoms with Gasteiger partial charge in [0, 0.05) is 23.1 Å². The van der Waals surface area contributed by atoms with Crippen LogP contribution in [0, 0.1) is 16.0 Å². The predicted octanol–water partition coefficient (Wildman–Crippen LogP) is 5.98. The van der Waals surface area contributed by atoms with E-state index in [0.717, 1.165) is 34.0 Å². The summed E-state index contributed by atoms with van der Waals surface area (Å²) in [7, 11) is 1.63. The molecule has 0 N–H and O–H groups in total. The molecule has 31 heavy (non-hydrogen) atoms. The third kappa shape index (κ3) is 5.03. The van der Waals surface area contributed by atoms with Crippen molar-refractivity contribution in [2.75, 3.05) is 7.11 Å². The summed E-state index contributed by atoms with van der Waals surface area (Å²) in [4.78, 5) is 16.0. The Hall–Kier alpha value is -3.38. The number of ether oxygens (including phenoxy) is 1. The number of nitro benzene ring substituents is 1. The Morgan fingerprint density at radius 1 is 1.06 bits per heavy atom. The molecule has 1 fully saturated rings. The fourth-order valence-corrected chi connectivity index (χ4v) is 3.69. The number of halogens is 1. The van der Waals surface area contributed by atoms with Gasteiger partial charge in [-0.2, -0.15) is 0 Å². The van der Waals surface area contributed by atoms with Crippen LogP contribution in [0.25, 0.3) is 0 Å². The van der Waals surface area contributed by atoms with Crippen LogP contribution in [0.15, 0.2) is 78.0 Å². The summed E-state index contributed by atoms with van der Waals surface area (Å²) in [5.74, 6) is 1.38. The number of rotatable bonds is 8. The first-order valence-electron chi connectivity index (χ1n) is 9.88. The van der Waals surface area contributed by atoms with Crippen molar-refractivity contribution in [3.63, 3.8) is 0 Å². The molecule has 0 spiro atoms. The molecule has 0 bridgehead atoms. The lowest BCUT2D eigenvalue weighted by Crippen LogP contribution is -2.07. The quantitative estimate of drug-likeness (QED) is 0.247. The SMILES string of the molecule is COc1ccc(/C(=N/OCc2ccc([N+](=O)[O-])cc2)[C@@H]2C[C@H]2c2ccc(Cl)cc2)cc1. The first kappa shape index (κ1) is 20.9. The number of hydrogen-bond acceptors (Lipinski definition) is 5. The number of benzene rings is 3. The third-order valence-corrected chi connectivity index (χ3v) is 5.62. The Labute approximate surface area is 185 Å². The first-order chi connectivity index (χ1) is 15.0. The number of oxime groups is 1. The minimum atomic E-state index is -0.422. The summed E-state index contributed by atoms with van der Waals surface area (Å²) in [5, 5.41) is 16.0. The van der Waals surface area contributed by atoms with Crippen LogP contribution >= 0.6 is 11.6 Å². The first-order valence-corrected chi connectivity index (χ1v) is 10.3. The van der Waals surface area contributed by atoms with Crippen molar-refractivity contribution in [2.45, 2.75) is 18.9 Å². The largest absolute Gasteiger partial charge is 0.497 e. The van der Waals surface area contributed by atoms with E-state index in [0.29, 0.717) is 5.92 Å². The van der Waals surface area contributed by atoms with Crippen molar-refractivity contribution in [1.29, 1.82) is 0 Å². The third-order valence-electron chi connectivity index (χ3n) is 5.37. The highest BCUT2D eigenvalue weighted by Gasteiger charge is 2.43. The van der Waals surface area contributed by atoms with Gasteiger partial charge in [-0.15, -0.1) is 0 Å². The summed E-state index contributed by atoms with van der Waals surface area (Å²) in [5.41, 5.74) is 3.95. The van der Waals surface area contributed by atoms with Crippen molar-refractivity contribution in [1.82, 2.24) is 0 Å². The molecule has 0 unspecified atom stereocenters. The van der Waals surface area contributed by atoms with Crippen LogP contribution < -0.4 is 4.74 Å². The molecule has 0 saturated heterocycles. The molecule has 0 aliphatic heterocycles. The Morgan fingerprint density at radius 3 is 2.35 bits per heavy atom. The molecular weight excluding hydrogens is 416 g/mol. The second kappa shape index (κ2) is 9.18. The second-order valence-corrected chi connectivity index (χ2v) is 7.84. The van der Waals surface area contributed by atoms with Gasteiger partial charge in [-0.1, -0.05) is 28.9 Å². The van der Waals surface area contributed by atoms with E-state index in [9.17, 15) is 10.1 Å². The van der Waals surface area contributed by atoms with E-state index < -0.39 is 4.92 Å². The monoisotopic (exact) mass is 436 g/mol. The molecule has 7 heteroatoms. The smallest absolute Gasteiger partial charge is 0.269 e. The zero-order valence-electron chi connectivity index (χ0n) is 16.9. The van der Waals surface area contributed by atoms with E-state index in [1.165, 1.54) is 17.7 Å². The molecule has 0 radical (unpaired) electrons. The van der Waals surface area contributed by atoms with E-state index >= 15 is 0 Å². The van der Waals surface area contributed by atoms with Crippen molar-refractivity contribution in [3.05, 3.63) is 105 Å². The molecule has 1 aliphatic carbocycles. The zero-order chi connectivity index (χ0) is 21.8. The van der Waals surface area contributed by atoms with Crippen molar-refractivity contribution in [2.24, 2.45) is 11.1 Å². The van der Waals surface area contributed by atoms with Crippen LogP contribution in [-0.4, -0.2) is 17.7 Å². The van der Waals surface area contributed by atoms with Crippen LogP contribution in [0.2, 0.25) is 5.02 Å². The second-order valence-electron chi connectivity index (χ2n) is 7.40. The number of nitro groups is 1. The molecular formula is C24H21ClN2O4. The Kier molecular flexibility index (Phi) is 6.18. The van der Waals surface area contributed by atoms with Gasteiger partial charge in [0.2, 0.25) is 0 Å². The van der Waals surface area contributed by atoms with Gasteiger partial charge in [-0.25, -0.2) is 0 Å². The van der Waals surface area contributed by atoms with E-state index in [1.54, 1.807) is 19.2 Å². The number of nitrogens with zero attached hydrogens (tertiary/aromatic N) is 2. The highest BCUT2D eigenvalue weighted by Crippen LogP contribution is 2.49. The van der Waals surface area contributed by atoms with Gasteiger partial charge in [0.25, 0.3) is 5.69 Å². The molecule has 0 heterocycles. The van der Waals surface area contributed by atoms with E-state index in [1.807, 2.05) is 36.4 Å². The molecule has 2 atom stereocenters. The van der Waals surface area contributed by atoms with Gasteiger partial charge in [0.05, 0.1) is 17.7 Å². The molecule has 1 saturated carbocycles. The summed E-state index contributed by atoms with van der Waals surface area (Å²) < 4.78 is 5.26. The number of methoxy groups -OCH3 is 1. The highest BCUT2D eigenvalue weighted by atomic mass is 35.5. The molecule has 6 nitrogen and oxygen atoms in total. The van der Waals surface area contributed by atoms with E-state index in [4.69, 9.17) is 21.2 Å². The summed E-state index contributed by atoms with van der Waals surface area (Å²) in [6.07, 6.45) is 0.980. The lowest BCUT2D eigenvalue weighted by Gasteiger charge is -2.09. The van der Waals surface area contributed by atoms with Gasteiger partial charge < -0.3 is 9.57 Å². The zero-order valence-corrected chi connectivity index (χ0v) is 17.7. The fraction of sp³-hybridized carbons (Fsp3) is 0.208. The average molecular weight is 437 g/mol. The molecule has 0 aromatic heterocycles. The maximum atomic E-state index is 10.8. The minimum Gasteiger partial charge on any atom is -0.497 e. The van der Waals surface area contributed by atoms with Gasteiger partial charge in [0.15, 0.2) is 0 Å². The number of hydrogen-bond donors (Lipinski definition) is 0. The summed E-state index contributed by atoms with van der Waals surface area (Å²) in [6, 6.07) is 21.9. The maximum absolute atomic E-state index is 10.8. The lowest BCUT2D eigenvalue weighted by atomic mass is 10.0. The topological polar surface area (TPSA) is 74.0 Å². The summed E-state index contributed by atoms with van der Waals surface area (Å²) in [6.45, 7) is 0.232. The number of non-ortho nitro benzene ring substituents is 1. The Morgan fingerprint density at radius 2 is 1.74 bits per heavy atom. The Balaban J connectivity index is 1.52. The van der Waals surface area contributed by atoms with Crippen LogP contribution in [0.5, 0.6) is 5.75 Å². The van der Waals surface area contributed by atoms with Gasteiger partial charge in [-0.05, 0) is 77.6 Å². The van der Waals surface area contributed by atoms with Gasteiger partial charge in [0.1, 0.15) is 12.4 Å². The van der Waals surface area contributed by atoms with E-state index in [2.05, 4.69) is 17.3 Å². The maximum Gasteiger partial charge on any atom is 0.269 e. The lowest BCUT2D eigenvalue weighted by molar-refractivity contribution is -0.384. The summed E-state index contributed by atoms with van der Waals surface area (Å²) >= 11 is 6.02. The average Bonchev–Trinajstić information content (AvgIpc) is 3.58. The predicted molar refractivity (Wildman–Crippen MR) is 120 cm³/mol. The molecule has 4 rings (SSSR count). The standard InChI is InChI=1S/C24H21ClN2O4/c1-30-21-12-6-18(7-13-21)24(23-14-22(23)17-4-8-19(25)9-5-17)26-31-15-16-2-10-20(11-3-16)27(28)29/h2-13,22-23H,14-15H2,1H3/b26-24-/t22-,23+/m0/s1. The van der Waals surface area contributed by atoms with Crippen LogP contribution in [0.4, 0.5) is 5.69 Å². The molecule has 3 aromatic carbocycles. The van der Waals surface area contributed by atoms with Crippen molar-refractivity contribution in [3.8, 4) is 5.75 Å². The van der Waals surface area contributed by atoms with Crippen LogP contribution in [0.3, 0.4) is 0 Å². The van der Waals surface area contributed by atoms with Crippen LogP contribution in [-0.2, 0) is 11.4 Å². The van der Waals surface area contributed by atoms with Crippen molar-refractivity contribution < 1.29 is 14.5 Å².